The minimum Gasteiger partial charge on any atom is -0.460 e. The summed E-state index contributed by atoms with van der Waals surface area (Å²) in [5.41, 5.74) is 3.45. The second-order valence-corrected chi connectivity index (χ2v) is 5.17. The topological polar surface area (TPSA) is 64.4 Å². The molecule has 1 N–H and O–H groups in total. The number of carbonyl (C=O) groups excluding carboxylic acids is 1. The van der Waals surface area contributed by atoms with Crippen molar-refractivity contribution in [3.8, 4) is 0 Å². The summed E-state index contributed by atoms with van der Waals surface area (Å²) < 4.78 is 10.9. The second kappa shape index (κ2) is 7.97. The van der Waals surface area contributed by atoms with Crippen molar-refractivity contribution in [2.24, 2.45) is 0 Å². The zero-order valence-corrected chi connectivity index (χ0v) is 15.2. The number of benzene rings is 1. The zero-order valence-electron chi connectivity index (χ0n) is 13.5. The first-order valence-corrected chi connectivity index (χ1v) is 7.52. The third-order valence-electron chi connectivity index (χ3n) is 3.63. The van der Waals surface area contributed by atoms with E-state index in [1.807, 2.05) is 37.3 Å². The highest BCUT2D eigenvalue weighted by Crippen LogP contribution is 2.29. The highest BCUT2D eigenvalue weighted by molar-refractivity contribution is 8.93. The molecule has 1 aromatic carbocycles. The second-order valence-electron chi connectivity index (χ2n) is 5.17. The van der Waals surface area contributed by atoms with E-state index in [-0.39, 0.29) is 22.7 Å². The SMILES string of the molecule is Br.CCOC(=O)c1oc2c(C)cccc2c1CNc1ccncc1. The summed E-state index contributed by atoms with van der Waals surface area (Å²) in [5.74, 6) is -0.174. The Morgan fingerprint density at radius 3 is 2.71 bits per heavy atom. The molecule has 0 unspecified atom stereocenters. The standard InChI is InChI=1S/C18H18N2O3.BrH/c1-3-22-18(21)17-15(11-20-13-7-9-19-10-8-13)14-6-4-5-12(2)16(14)23-17;/h4-10H,3,11H2,1-2H3,(H,19,20);1H. The number of nitrogens with one attached hydrogen (secondary N) is 1. The molecule has 0 atom stereocenters. The first kappa shape index (κ1) is 18.0. The number of nitrogens with zero attached hydrogens (tertiary/aromatic N) is 1. The van der Waals surface area contributed by atoms with E-state index in [1.165, 1.54) is 0 Å². The number of esters is 1. The minimum absolute atomic E-state index is 0. The van der Waals surface area contributed by atoms with E-state index in [1.54, 1.807) is 19.3 Å². The van der Waals surface area contributed by atoms with E-state index in [2.05, 4.69) is 10.3 Å². The molecule has 3 aromatic rings. The normalized spacial score (nSPS) is 10.2. The van der Waals surface area contributed by atoms with Crippen molar-refractivity contribution in [3.63, 3.8) is 0 Å². The Bertz CT molecular complexity index is 831. The van der Waals surface area contributed by atoms with Crippen LogP contribution in [0.3, 0.4) is 0 Å². The molecule has 0 radical (unpaired) electrons. The molecule has 2 aromatic heterocycles. The maximum atomic E-state index is 12.2. The van der Waals surface area contributed by atoms with Crippen molar-refractivity contribution < 1.29 is 13.9 Å². The fourth-order valence-electron chi connectivity index (χ4n) is 2.51. The number of anilines is 1. The molecule has 0 fully saturated rings. The van der Waals surface area contributed by atoms with Crippen LogP contribution in [0.25, 0.3) is 11.0 Å². The molecule has 24 heavy (non-hydrogen) atoms. The van der Waals surface area contributed by atoms with Gasteiger partial charge in [-0.05, 0) is 31.5 Å². The van der Waals surface area contributed by atoms with Crippen LogP contribution in [0.1, 0.15) is 28.6 Å². The van der Waals surface area contributed by atoms with Gasteiger partial charge in [0.1, 0.15) is 5.58 Å². The van der Waals surface area contributed by atoms with Crippen molar-refractivity contribution in [1.82, 2.24) is 4.98 Å². The Balaban J connectivity index is 0.00000208. The van der Waals surface area contributed by atoms with Gasteiger partial charge in [-0.25, -0.2) is 4.79 Å². The number of fused-ring (bicyclic) bond motifs is 1. The summed E-state index contributed by atoms with van der Waals surface area (Å²) in [7, 11) is 0. The first-order valence-electron chi connectivity index (χ1n) is 7.52. The number of furan rings is 1. The lowest BCUT2D eigenvalue weighted by Crippen LogP contribution is -2.08. The highest BCUT2D eigenvalue weighted by Gasteiger charge is 2.22. The fraction of sp³-hybridized carbons (Fsp3) is 0.222. The fourth-order valence-corrected chi connectivity index (χ4v) is 2.51. The molecular weight excluding hydrogens is 372 g/mol. The van der Waals surface area contributed by atoms with Gasteiger partial charge in [0, 0.05) is 35.6 Å². The van der Waals surface area contributed by atoms with Crippen LogP contribution in [0.4, 0.5) is 5.69 Å². The van der Waals surface area contributed by atoms with Crippen LogP contribution in [0.5, 0.6) is 0 Å². The van der Waals surface area contributed by atoms with Gasteiger partial charge in [0.25, 0.3) is 0 Å². The third kappa shape index (κ3) is 3.59. The van der Waals surface area contributed by atoms with Crippen LogP contribution in [0.2, 0.25) is 0 Å². The molecule has 0 spiro atoms. The van der Waals surface area contributed by atoms with Gasteiger partial charge in [0.15, 0.2) is 0 Å². The Hall–Kier alpha value is -2.34. The number of para-hydroxylation sites is 1. The molecule has 0 bridgehead atoms. The van der Waals surface area contributed by atoms with E-state index >= 15 is 0 Å². The minimum atomic E-state index is -0.436. The quantitative estimate of drug-likeness (QED) is 0.649. The largest absolute Gasteiger partial charge is 0.460 e. The van der Waals surface area contributed by atoms with Crippen molar-refractivity contribution in [2.75, 3.05) is 11.9 Å². The van der Waals surface area contributed by atoms with Gasteiger partial charge in [0.2, 0.25) is 5.76 Å². The number of aromatic nitrogens is 1. The zero-order chi connectivity index (χ0) is 16.2. The molecule has 0 aliphatic heterocycles. The predicted molar refractivity (Wildman–Crippen MR) is 98.8 cm³/mol. The van der Waals surface area contributed by atoms with Crippen LogP contribution in [-0.2, 0) is 11.3 Å². The number of aryl methyl sites for hydroxylation is 1. The maximum Gasteiger partial charge on any atom is 0.374 e. The van der Waals surface area contributed by atoms with Crippen molar-refractivity contribution in [2.45, 2.75) is 20.4 Å². The van der Waals surface area contributed by atoms with Crippen LogP contribution in [0.15, 0.2) is 47.1 Å². The predicted octanol–water partition coefficient (Wildman–Crippen LogP) is 4.50. The number of hydrogen-bond acceptors (Lipinski definition) is 5. The van der Waals surface area contributed by atoms with Gasteiger partial charge < -0.3 is 14.5 Å². The molecule has 3 rings (SSSR count). The summed E-state index contributed by atoms with van der Waals surface area (Å²) in [6.45, 7) is 4.52. The monoisotopic (exact) mass is 390 g/mol. The Morgan fingerprint density at radius 1 is 1.25 bits per heavy atom. The molecule has 0 saturated carbocycles. The van der Waals surface area contributed by atoms with E-state index in [0.717, 1.165) is 27.8 Å². The Kier molecular flexibility index (Phi) is 5.98. The number of halogens is 1. The van der Waals surface area contributed by atoms with Gasteiger partial charge in [-0.2, -0.15) is 0 Å². The number of carbonyl (C=O) groups is 1. The van der Waals surface area contributed by atoms with E-state index in [9.17, 15) is 4.79 Å². The number of ether oxygens (including phenoxy) is 1. The van der Waals surface area contributed by atoms with Crippen molar-refractivity contribution in [3.05, 3.63) is 59.6 Å². The molecule has 0 aliphatic carbocycles. The molecule has 2 heterocycles. The maximum absolute atomic E-state index is 12.2. The number of pyridine rings is 1. The van der Waals surface area contributed by atoms with Crippen LogP contribution in [-0.4, -0.2) is 17.6 Å². The summed E-state index contributed by atoms with van der Waals surface area (Å²) in [5, 5.41) is 4.21. The van der Waals surface area contributed by atoms with E-state index < -0.39 is 5.97 Å². The highest BCUT2D eigenvalue weighted by atomic mass is 79.9. The third-order valence-corrected chi connectivity index (χ3v) is 3.63. The van der Waals surface area contributed by atoms with Crippen LogP contribution < -0.4 is 5.32 Å². The molecule has 0 aliphatic rings. The van der Waals surface area contributed by atoms with Gasteiger partial charge in [0.05, 0.1) is 6.61 Å². The molecule has 126 valence electrons. The Morgan fingerprint density at radius 2 is 2.00 bits per heavy atom. The molecule has 5 nitrogen and oxygen atoms in total. The lowest BCUT2D eigenvalue weighted by atomic mass is 10.1. The first-order chi connectivity index (χ1) is 11.2. The average molecular weight is 391 g/mol. The van der Waals surface area contributed by atoms with Crippen LogP contribution in [0, 0.1) is 6.92 Å². The van der Waals surface area contributed by atoms with Gasteiger partial charge in [-0.3, -0.25) is 4.98 Å². The molecule has 0 amide bonds. The lowest BCUT2D eigenvalue weighted by molar-refractivity contribution is 0.0491. The van der Waals surface area contributed by atoms with Gasteiger partial charge >= 0.3 is 5.97 Å². The lowest BCUT2D eigenvalue weighted by Gasteiger charge is -2.06. The van der Waals surface area contributed by atoms with Gasteiger partial charge in [-0.15, -0.1) is 17.0 Å². The molecule has 0 saturated heterocycles. The smallest absolute Gasteiger partial charge is 0.374 e. The molecular formula is C18H19BrN2O3. The van der Waals surface area contributed by atoms with Crippen molar-refractivity contribution >= 4 is 39.6 Å². The molecule has 6 heteroatoms. The van der Waals surface area contributed by atoms with Crippen LogP contribution >= 0.6 is 17.0 Å². The van der Waals surface area contributed by atoms with Gasteiger partial charge in [-0.1, -0.05) is 18.2 Å². The summed E-state index contributed by atoms with van der Waals surface area (Å²) in [6.07, 6.45) is 3.43. The van der Waals surface area contributed by atoms with E-state index in [0.29, 0.717) is 13.2 Å². The summed E-state index contributed by atoms with van der Waals surface area (Å²) >= 11 is 0. The summed E-state index contributed by atoms with van der Waals surface area (Å²) in [4.78, 5) is 16.2. The van der Waals surface area contributed by atoms with E-state index in [4.69, 9.17) is 9.15 Å². The summed E-state index contributed by atoms with van der Waals surface area (Å²) in [6, 6.07) is 9.62. The number of hydrogen-bond donors (Lipinski definition) is 1. The average Bonchev–Trinajstić information content (AvgIpc) is 2.94. The Labute approximate surface area is 150 Å². The number of rotatable bonds is 5. The van der Waals surface area contributed by atoms with Crippen molar-refractivity contribution in [1.29, 1.82) is 0 Å².